The van der Waals surface area contributed by atoms with Crippen molar-refractivity contribution < 1.29 is 4.74 Å². The van der Waals surface area contributed by atoms with Crippen LogP contribution in [0.25, 0.3) is 5.57 Å². The minimum Gasteiger partial charge on any atom is -0.483 e. The van der Waals surface area contributed by atoms with Crippen molar-refractivity contribution in [3.05, 3.63) is 41.2 Å². The number of hydrogen-bond acceptors (Lipinski definition) is 2. The molecule has 21 heavy (non-hydrogen) atoms. The predicted octanol–water partition coefficient (Wildman–Crippen LogP) is 5.35. The second-order valence-electron chi connectivity index (χ2n) is 5.92. The zero-order chi connectivity index (χ0) is 15.7. The van der Waals surface area contributed by atoms with Crippen LogP contribution in [0.5, 0.6) is 0 Å². The monoisotopic (exact) mass is 285 g/mol. The van der Waals surface area contributed by atoms with Gasteiger partial charge < -0.3 is 4.74 Å². The van der Waals surface area contributed by atoms with Crippen LogP contribution in [-0.2, 0) is 11.2 Å². The van der Waals surface area contributed by atoms with Crippen LogP contribution in [0.4, 0.5) is 0 Å². The molecule has 0 heterocycles. The van der Waals surface area contributed by atoms with E-state index in [-0.39, 0.29) is 0 Å². The quantitative estimate of drug-likeness (QED) is 0.366. The fourth-order valence-electron chi connectivity index (χ4n) is 2.24. The van der Waals surface area contributed by atoms with Gasteiger partial charge in [-0.2, -0.15) is 5.26 Å². The molecule has 0 aliphatic rings. The molecule has 2 heteroatoms. The topological polar surface area (TPSA) is 33.0 Å². The summed E-state index contributed by atoms with van der Waals surface area (Å²) in [6.07, 6.45) is 4.39. The molecule has 114 valence electrons. The van der Waals surface area contributed by atoms with Crippen molar-refractivity contribution in [3.8, 4) is 6.07 Å². The average Bonchev–Trinajstić information content (AvgIpc) is 2.47. The van der Waals surface area contributed by atoms with Crippen LogP contribution >= 0.6 is 0 Å². The standard InChI is InChI=1S/C19H27NO/c1-5-6-7-12-21-19(14-20)16(4)18-10-8-17(9-11-18)13-15(2)3/h8-11,15H,5-7,12-13H2,1-4H3. The van der Waals surface area contributed by atoms with Gasteiger partial charge in [-0.25, -0.2) is 0 Å². The third-order valence-electron chi connectivity index (χ3n) is 3.47. The highest BCUT2D eigenvalue weighted by atomic mass is 16.5. The minimum atomic E-state index is 0.447. The Labute approximate surface area is 129 Å². The summed E-state index contributed by atoms with van der Waals surface area (Å²) in [5.74, 6) is 1.10. The zero-order valence-corrected chi connectivity index (χ0v) is 13.8. The molecule has 0 aromatic heterocycles. The third-order valence-corrected chi connectivity index (χ3v) is 3.47. The summed E-state index contributed by atoms with van der Waals surface area (Å²) >= 11 is 0. The lowest BCUT2D eigenvalue weighted by molar-refractivity contribution is 0.221. The molecule has 2 nitrogen and oxygen atoms in total. The minimum absolute atomic E-state index is 0.447. The van der Waals surface area contributed by atoms with Gasteiger partial charge >= 0.3 is 0 Å². The lowest BCUT2D eigenvalue weighted by atomic mass is 9.99. The number of unbranched alkanes of at least 4 members (excludes halogenated alkanes) is 2. The van der Waals surface area contributed by atoms with Gasteiger partial charge in [0.2, 0.25) is 5.76 Å². The third kappa shape index (κ3) is 6.04. The molecule has 0 aliphatic carbocycles. The Morgan fingerprint density at radius 2 is 1.86 bits per heavy atom. The number of hydrogen-bond donors (Lipinski definition) is 0. The fraction of sp³-hybridized carbons (Fsp3) is 0.526. The molecular formula is C19H27NO. The summed E-state index contributed by atoms with van der Waals surface area (Å²) in [5, 5.41) is 9.25. The van der Waals surface area contributed by atoms with Gasteiger partial charge in [-0.3, -0.25) is 0 Å². The Morgan fingerprint density at radius 3 is 2.38 bits per heavy atom. The molecule has 0 N–H and O–H groups in total. The number of ether oxygens (including phenoxy) is 1. The van der Waals surface area contributed by atoms with Gasteiger partial charge in [0.25, 0.3) is 0 Å². The molecule has 0 saturated heterocycles. The van der Waals surface area contributed by atoms with Crippen LogP contribution in [-0.4, -0.2) is 6.61 Å². The molecule has 0 unspecified atom stereocenters. The summed E-state index contributed by atoms with van der Waals surface area (Å²) in [4.78, 5) is 0. The van der Waals surface area contributed by atoms with E-state index in [0.717, 1.165) is 36.8 Å². The van der Waals surface area contributed by atoms with E-state index in [0.29, 0.717) is 18.3 Å². The van der Waals surface area contributed by atoms with Gasteiger partial charge in [0, 0.05) is 5.57 Å². The maximum atomic E-state index is 9.25. The van der Waals surface area contributed by atoms with Crippen molar-refractivity contribution >= 4 is 5.57 Å². The van der Waals surface area contributed by atoms with Crippen molar-refractivity contribution in [3.63, 3.8) is 0 Å². The van der Waals surface area contributed by atoms with Crippen LogP contribution < -0.4 is 0 Å². The Kier molecular flexibility index (Phi) is 7.61. The number of nitriles is 1. The van der Waals surface area contributed by atoms with Crippen LogP contribution in [0.15, 0.2) is 30.0 Å². The SMILES string of the molecule is CCCCCOC(C#N)=C(C)c1ccc(CC(C)C)cc1. The Morgan fingerprint density at radius 1 is 1.19 bits per heavy atom. The van der Waals surface area contributed by atoms with Crippen molar-refractivity contribution in [1.29, 1.82) is 5.26 Å². The first kappa shape index (κ1) is 17.3. The second-order valence-corrected chi connectivity index (χ2v) is 5.92. The first-order valence-corrected chi connectivity index (χ1v) is 7.91. The smallest absolute Gasteiger partial charge is 0.200 e. The summed E-state index contributed by atoms with van der Waals surface area (Å²) < 4.78 is 5.62. The number of allylic oxidation sites excluding steroid dienone is 2. The molecule has 0 amide bonds. The largest absolute Gasteiger partial charge is 0.483 e. The van der Waals surface area contributed by atoms with E-state index in [4.69, 9.17) is 4.74 Å². The highest BCUT2D eigenvalue weighted by Crippen LogP contribution is 2.20. The van der Waals surface area contributed by atoms with Gasteiger partial charge in [0.15, 0.2) is 0 Å². The molecule has 0 fully saturated rings. The molecule has 0 aliphatic heterocycles. The molecule has 0 radical (unpaired) electrons. The summed E-state index contributed by atoms with van der Waals surface area (Å²) in [5.41, 5.74) is 3.32. The van der Waals surface area contributed by atoms with Gasteiger partial charge in [-0.15, -0.1) is 0 Å². The van der Waals surface area contributed by atoms with Crippen molar-refractivity contribution in [2.24, 2.45) is 5.92 Å². The van der Waals surface area contributed by atoms with E-state index in [1.165, 1.54) is 5.56 Å². The molecule has 1 aromatic carbocycles. The Balaban J connectivity index is 2.76. The first-order chi connectivity index (χ1) is 10.1. The Bertz CT molecular complexity index is 491. The average molecular weight is 285 g/mol. The first-order valence-electron chi connectivity index (χ1n) is 7.91. The lowest BCUT2D eigenvalue weighted by Gasteiger charge is -2.10. The molecular weight excluding hydrogens is 258 g/mol. The van der Waals surface area contributed by atoms with Crippen molar-refractivity contribution in [1.82, 2.24) is 0 Å². The van der Waals surface area contributed by atoms with E-state index in [2.05, 4.69) is 51.1 Å². The molecule has 1 rings (SSSR count). The summed E-state index contributed by atoms with van der Waals surface area (Å²) in [6, 6.07) is 10.6. The fourth-order valence-corrected chi connectivity index (χ4v) is 2.24. The second kappa shape index (κ2) is 9.23. The van der Waals surface area contributed by atoms with Gasteiger partial charge in [0.05, 0.1) is 6.61 Å². The number of nitrogens with zero attached hydrogens (tertiary/aromatic N) is 1. The van der Waals surface area contributed by atoms with Gasteiger partial charge in [0.1, 0.15) is 6.07 Å². The zero-order valence-electron chi connectivity index (χ0n) is 13.8. The van der Waals surface area contributed by atoms with E-state index in [9.17, 15) is 5.26 Å². The summed E-state index contributed by atoms with van der Waals surface area (Å²) in [6.45, 7) is 9.17. The molecule has 1 aromatic rings. The van der Waals surface area contributed by atoms with Crippen molar-refractivity contribution in [2.75, 3.05) is 6.61 Å². The highest BCUT2D eigenvalue weighted by Gasteiger charge is 2.06. The van der Waals surface area contributed by atoms with Crippen LogP contribution in [0.2, 0.25) is 0 Å². The van der Waals surface area contributed by atoms with E-state index >= 15 is 0 Å². The van der Waals surface area contributed by atoms with E-state index < -0.39 is 0 Å². The Hall–Kier alpha value is -1.75. The predicted molar refractivity (Wildman–Crippen MR) is 88.7 cm³/mol. The number of benzene rings is 1. The maximum absolute atomic E-state index is 9.25. The normalized spacial score (nSPS) is 12.0. The van der Waals surface area contributed by atoms with Crippen molar-refractivity contribution in [2.45, 2.75) is 53.4 Å². The van der Waals surface area contributed by atoms with Gasteiger partial charge in [-0.05, 0) is 36.8 Å². The lowest BCUT2D eigenvalue weighted by Crippen LogP contribution is -1.97. The van der Waals surface area contributed by atoms with Crippen LogP contribution in [0.1, 0.15) is 58.1 Å². The highest BCUT2D eigenvalue weighted by molar-refractivity contribution is 5.68. The van der Waals surface area contributed by atoms with E-state index in [1.807, 2.05) is 6.92 Å². The van der Waals surface area contributed by atoms with Crippen LogP contribution in [0, 0.1) is 17.2 Å². The summed E-state index contributed by atoms with van der Waals surface area (Å²) in [7, 11) is 0. The molecule has 0 spiro atoms. The van der Waals surface area contributed by atoms with Crippen LogP contribution in [0.3, 0.4) is 0 Å². The van der Waals surface area contributed by atoms with Gasteiger partial charge in [-0.1, -0.05) is 57.9 Å². The van der Waals surface area contributed by atoms with E-state index in [1.54, 1.807) is 0 Å². The maximum Gasteiger partial charge on any atom is 0.200 e. The molecule has 0 bridgehead atoms. The number of rotatable bonds is 8. The molecule has 0 atom stereocenters. The molecule has 0 saturated carbocycles.